The highest BCUT2D eigenvalue weighted by Gasteiger charge is 2.29. The largest absolute Gasteiger partial charge is 0.494 e. The summed E-state index contributed by atoms with van der Waals surface area (Å²) in [6, 6.07) is 6.59. The Balaban J connectivity index is 2.09. The minimum absolute atomic E-state index is 0.0912. The van der Waals surface area contributed by atoms with Gasteiger partial charge in [-0.15, -0.1) is 0 Å². The van der Waals surface area contributed by atoms with Crippen molar-refractivity contribution in [3.05, 3.63) is 46.7 Å². The van der Waals surface area contributed by atoms with E-state index < -0.39 is 17.8 Å². The van der Waals surface area contributed by atoms with Gasteiger partial charge in [0.15, 0.2) is 0 Å². The molecule has 2 rings (SSSR count). The number of furan rings is 1. The summed E-state index contributed by atoms with van der Waals surface area (Å²) in [5, 5.41) is 2.50. The van der Waals surface area contributed by atoms with Crippen LogP contribution in [0.15, 0.2) is 28.7 Å². The summed E-state index contributed by atoms with van der Waals surface area (Å²) in [7, 11) is 0. The molecule has 8 nitrogen and oxygen atoms in total. The first-order valence-electron chi connectivity index (χ1n) is 10.0. The molecule has 1 heterocycles. The van der Waals surface area contributed by atoms with Crippen LogP contribution in [0.1, 0.15) is 76.4 Å². The Labute approximate surface area is 175 Å². The van der Waals surface area contributed by atoms with Gasteiger partial charge in [0.1, 0.15) is 22.6 Å². The standard InChI is InChI=1S/C22H28N2O6/c1-4-6-7-8-13-29-16-11-9-15(10-12-16)20(26)24-21-18(19(23)25)17(14(3)30-21)22(27)28-5-2/h9-12H,4-8,13H2,1-3H3,(H2,23,25)(H,24,26). The lowest BCUT2D eigenvalue weighted by Crippen LogP contribution is -2.20. The Morgan fingerprint density at radius 1 is 1.03 bits per heavy atom. The molecule has 0 aliphatic rings. The molecular weight excluding hydrogens is 388 g/mol. The fourth-order valence-corrected chi connectivity index (χ4v) is 2.91. The van der Waals surface area contributed by atoms with Crippen LogP contribution in [0.3, 0.4) is 0 Å². The Morgan fingerprint density at radius 2 is 1.73 bits per heavy atom. The Bertz CT molecular complexity index is 886. The number of aryl methyl sites for hydroxylation is 1. The zero-order chi connectivity index (χ0) is 22.1. The SMILES string of the molecule is CCCCCCOc1ccc(C(=O)Nc2oc(C)c(C(=O)OCC)c2C(N)=O)cc1. The number of carbonyl (C=O) groups is 3. The van der Waals surface area contributed by atoms with Crippen LogP contribution in [-0.4, -0.2) is 31.0 Å². The zero-order valence-corrected chi connectivity index (χ0v) is 17.6. The molecule has 0 aliphatic heterocycles. The first-order chi connectivity index (χ1) is 14.4. The number of anilines is 1. The van der Waals surface area contributed by atoms with E-state index in [4.69, 9.17) is 19.6 Å². The molecule has 8 heteroatoms. The van der Waals surface area contributed by atoms with Gasteiger partial charge in [0, 0.05) is 5.56 Å². The number of hydrogen-bond acceptors (Lipinski definition) is 6. The monoisotopic (exact) mass is 416 g/mol. The van der Waals surface area contributed by atoms with Crippen LogP contribution in [0.25, 0.3) is 0 Å². The van der Waals surface area contributed by atoms with Gasteiger partial charge in [0.05, 0.1) is 13.2 Å². The van der Waals surface area contributed by atoms with Crippen molar-refractivity contribution in [3.8, 4) is 5.75 Å². The number of ether oxygens (including phenoxy) is 2. The molecule has 30 heavy (non-hydrogen) atoms. The normalized spacial score (nSPS) is 10.5. The molecular formula is C22H28N2O6. The van der Waals surface area contributed by atoms with Crippen molar-refractivity contribution >= 4 is 23.7 Å². The summed E-state index contributed by atoms with van der Waals surface area (Å²) >= 11 is 0. The van der Waals surface area contributed by atoms with Crippen LogP contribution < -0.4 is 15.8 Å². The van der Waals surface area contributed by atoms with Crippen LogP contribution in [0.2, 0.25) is 0 Å². The first-order valence-corrected chi connectivity index (χ1v) is 10.0. The number of esters is 1. The molecule has 0 radical (unpaired) electrons. The summed E-state index contributed by atoms with van der Waals surface area (Å²) in [4.78, 5) is 36.6. The van der Waals surface area contributed by atoms with Crippen molar-refractivity contribution in [1.29, 1.82) is 0 Å². The number of rotatable bonds is 11. The number of nitrogens with two attached hydrogens (primary N) is 1. The predicted molar refractivity (Wildman–Crippen MR) is 112 cm³/mol. The van der Waals surface area contributed by atoms with Crippen molar-refractivity contribution in [2.24, 2.45) is 5.73 Å². The quantitative estimate of drug-likeness (QED) is 0.421. The maximum absolute atomic E-state index is 12.6. The third kappa shape index (κ3) is 5.85. The van der Waals surface area contributed by atoms with E-state index in [9.17, 15) is 14.4 Å². The van der Waals surface area contributed by atoms with Crippen LogP contribution in [0, 0.1) is 6.92 Å². The summed E-state index contributed by atoms with van der Waals surface area (Å²) in [5.41, 5.74) is 5.42. The average molecular weight is 416 g/mol. The van der Waals surface area contributed by atoms with Gasteiger partial charge in [-0.05, 0) is 44.5 Å². The molecule has 0 atom stereocenters. The van der Waals surface area contributed by atoms with Gasteiger partial charge in [0.25, 0.3) is 11.8 Å². The van der Waals surface area contributed by atoms with Crippen molar-refractivity contribution in [2.75, 3.05) is 18.5 Å². The number of carbonyl (C=O) groups excluding carboxylic acids is 3. The minimum atomic E-state index is -0.906. The maximum atomic E-state index is 12.6. The molecule has 0 bridgehead atoms. The molecule has 0 aliphatic carbocycles. The van der Waals surface area contributed by atoms with Crippen molar-refractivity contribution in [1.82, 2.24) is 0 Å². The molecule has 0 saturated heterocycles. The molecule has 162 valence electrons. The fraction of sp³-hybridized carbons (Fsp3) is 0.409. The lowest BCUT2D eigenvalue weighted by atomic mass is 10.1. The predicted octanol–water partition coefficient (Wildman–Crippen LogP) is 4.08. The van der Waals surface area contributed by atoms with E-state index in [1.54, 1.807) is 31.2 Å². The second kappa shape index (κ2) is 11.0. The van der Waals surface area contributed by atoms with Gasteiger partial charge in [0.2, 0.25) is 5.88 Å². The highest BCUT2D eigenvalue weighted by atomic mass is 16.5. The molecule has 0 fully saturated rings. The summed E-state index contributed by atoms with van der Waals surface area (Å²) in [6.07, 6.45) is 4.44. The average Bonchev–Trinajstić information content (AvgIpc) is 3.04. The first kappa shape index (κ1) is 23.0. The number of primary amides is 1. The van der Waals surface area contributed by atoms with E-state index >= 15 is 0 Å². The summed E-state index contributed by atoms with van der Waals surface area (Å²) < 4.78 is 16.0. The minimum Gasteiger partial charge on any atom is -0.494 e. The number of unbranched alkanes of at least 4 members (excludes halogenated alkanes) is 3. The van der Waals surface area contributed by atoms with Crippen LogP contribution >= 0.6 is 0 Å². The van der Waals surface area contributed by atoms with Crippen molar-refractivity contribution in [2.45, 2.75) is 46.5 Å². The molecule has 1 aromatic carbocycles. The Morgan fingerprint density at radius 3 is 2.33 bits per heavy atom. The highest BCUT2D eigenvalue weighted by molar-refractivity contribution is 6.12. The van der Waals surface area contributed by atoms with Gasteiger partial charge in [-0.3, -0.25) is 14.9 Å². The molecule has 2 aromatic rings. The topological polar surface area (TPSA) is 121 Å². The second-order valence-electron chi connectivity index (χ2n) is 6.71. The third-order valence-corrected chi connectivity index (χ3v) is 4.42. The lowest BCUT2D eigenvalue weighted by Gasteiger charge is -2.08. The van der Waals surface area contributed by atoms with Crippen molar-refractivity contribution < 1.29 is 28.3 Å². The van der Waals surface area contributed by atoms with Crippen LogP contribution in [0.4, 0.5) is 5.88 Å². The van der Waals surface area contributed by atoms with E-state index in [1.165, 1.54) is 13.3 Å². The van der Waals surface area contributed by atoms with Gasteiger partial charge >= 0.3 is 5.97 Å². The molecule has 0 unspecified atom stereocenters. The summed E-state index contributed by atoms with van der Waals surface area (Å²) in [6.45, 7) is 6.02. The van der Waals surface area contributed by atoms with Crippen molar-refractivity contribution in [3.63, 3.8) is 0 Å². The van der Waals surface area contributed by atoms with Gasteiger partial charge < -0.3 is 19.6 Å². The second-order valence-corrected chi connectivity index (χ2v) is 6.71. The van der Waals surface area contributed by atoms with E-state index in [0.29, 0.717) is 17.9 Å². The molecule has 0 spiro atoms. The number of hydrogen-bond donors (Lipinski definition) is 2. The lowest BCUT2D eigenvalue weighted by molar-refractivity contribution is 0.0521. The van der Waals surface area contributed by atoms with E-state index in [2.05, 4.69) is 12.2 Å². The summed E-state index contributed by atoms with van der Waals surface area (Å²) in [5.74, 6) is -1.56. The molecule has 2 amide bonds. The molecule has 0 saturated carbocycles. The van der Waals surface area contributed by atoms with Gasteiger partial charge in [-0.1, -0.05) is 26.2 Å². The Hall–Kier alpha value is -3.29. The number of amides is 2. The number of benzene rings is 1. The fourth-order valence-electron chi connectivity index (χ4n) is 2.91. The van der Waals surface area contributed by atoms with Gasteiger partial charge in [-0.25, -0.2) is 4.79 Å². The zero-order valence-electron chi connectivity index (χ0n) is 17.6. The molecule has 1 aromatic heterocycles. The Kier molecular flexibility index (Phi) is 8.46. The van der Waals surface area contributed by atoms with Crippen LogP contribution in [-0.2, 0) is 4.74 Å². The molecule has 3 N–H and O–H groups in total. The maximum Gasteiger partial charge on any atom is 0.342 e. The number of nitrogens with one attached hydrogen (secondary N) is 1. The van der Waals surface area contributed by atoms with E-state index in [1.807, 2.05) is 0 Å². The van der Waals surface area contributed by atoms with Gasteiger partial charge in [-0.2, -0.15) is 0 Å². The van der Waals surface area contributed by atoms with E-state index in [0.717, 1.165) is 19.3 Å². The smallest absolute Gasteiger partial charge is 0.342 e. The van der Waals surface area contributed by atoms with Crippen LogP contribution in [0.5, 0.6) is 5.75 Å². The third-order valence-electron chi connectivity index (χ3n) is 4.42. The highest BCUT2D eigenvalue weighted by Crippen LogP contribution is 2.28. The van der Waals surface area contributed by atoms with E-state index in [-0.39, 0.29) is 29.4 Å².